The molecule has 0 unspecified atom stereocenters. The van der Waals surface area contributed by atoms with Gasteiger partial charge >= 0.3 is 5.63 Å². The van der Waals surface area contributed by atoms with Crippen LogP contribution in [0.4, 0.5) is 5.69 Å². The highest BCUT2D eigenvalue weighted by molar-refractivity contribution is 5.97. The van der Waals surface area contributed by atoms with Crippen molar-refractivity contribution in [2.24, 2.45) is 0 Å². The second-order valence-electron chi connectivity index (χ2n) is 5.77. The van der Waals surface area contributed by atoms with Gasteiger partial charge in [-0.15, -0.1) is 0 Å². The molecule has 1 heterocycles. The van der Waals surface area contributed by atoms with Crippen LogP contribution in [-0.2, 0) is 11.2 Å². The van der Waals surface area contributed by atoms with Crippen LogP contribution in [0.15, 0.2) is 51.7 Å². The summed E-state index contributed by atoms with van der Waals surface area (Å²) in [5.74, 6) is 1.16. The number of hydrogen-bond acceptors (Lipinski definition) is 5. The quantitative estimate of drug-likeness (QED) is 0.761. The van der Waals surface area contributed by atoms with Gasteiger partial charge in [0.1, 0.15) is 5.76 Å². The van der Waals surface area contributed by atoms with E-state index in [1.165, 1.54) is 14.2 Å². The molecule has 2 aromatic carbocycles. The Bertz CT molecular complexity index is 1010. The monoisotopic (exact) mass is 353 g/mol. The van der Waals surface area contributed by atoms with E-state index >= 15 is 0 Å². The Labute approximate surface area is 150 Å². The van der Waals surface area contributed by atoms with E-state index in [0.717, 1.165) is 0 Å². The van der Waals surface area contributed by atoms with Crippen molar-refractivity contribution in [1.29, 1.82) is 0 Å². The van der Waals surface area contributed by atoms with Crippen molar-refractivity contribution in [3.8, 4) is 11.5 Å². The molecule has 0 spiro atoms. The Morgan fingerprint density at radius 2 is 1.65 bits per heavy atom. The summed E-state index contributed by atoms with van der Waals surface area (Å²) in [6.45, 7) is 1.70. The lowest BCUT2D eigenvalue weighted by Crippen LogP contribution is -2.20. The van der Waals surface area contributed by atoms with E-state index in [9.17, 15) is 9.59 Å². The third-order valence-electron chi connectivity index (χ3n) is 4.12. The fraction of sp³-hybridized carbons (Fsp3) is 0.200. The van der Waals surface area contributed by atoms with Gasteiger partial charge in [0.25, 0.3) is 0 Å². The molecule has 6 heteroatoms. The lowest BCUT2D eigenvalue weighted by Gasteiger charge is -2.12. The maximum Gasteiger partial charge on any atom is 0.340 e. The normalized spacial score (nSPS) is 10.6. The van der Waals surface area contributed by atoms with E-state index in [2.05, 4.69) is 5.32 Å². The van der Waals surface area contributed by atoms with Crippen molar-refractivity contribution in [3.05, 3.63) is 64.2 Å². The van der Waals surface area contributed by atoms with E-state index in [-0.39, 0.29) is 17.9 Å². The third-order valence-corrected chi connectivity index (χ3v) is 4.12. The number of hydrogen-bond donors (Lipinski definition) is 1. The minimum absolute atomic E-state index is 0.108. The van der Waals surface area contributed by atoms with Crippen LogP contribution < -0.4 is 20.4 Å². The lowest BCUT2D eigenvalue weighted by molar-refractivity contribution is -0.115. The van der Waals surface area contributed by atoms with Gasteiger partial charge in [-0.3, -0.25) is 4.79 Å². The fourth-order valence-electron chi connectivity index (χ4n) is 2.84. The molecule has 3 rings (SSSR count). The molecule has 0 bridgehead atoms. The van der Waals surface area contributed by atoms with Crippen LogP contribution in [0, 0.1) is 6.92 Å². The zero-order valence-electron chi connectivity index (χ0n) is 14.8. The Morgan fingerprint density at radius 3 is 2.27 bits per heavy atom. The van der Waals surface area contributed by atoms with Crippen LogP contribution in [-0.4, -0.2) is 20.1 Å². The summed E-state index contributed by atoms with van der Waals surface area (Å²) in [4.78, 5) is 24.8. The number of benzene rings is 2. The van der Waals surface area contributed by atoms with Crippen LogP contribution in [0.25, 0.3) is 10.8 Å². The number of anilines is 1. The number of carbonyl (C=O) groups excluding carboxylic acids is 1. The highest BCUT2D eigenvalue weighted by atomic mass is 16.5. The smallest absolute Gasteiger partial charge is 0.340 e. The first-order valence-corrected chi connectivity index (χ1v) is 8.06. The average molecular weight is 353 g/mol. The Kier molecular flexibility index (Phi) is 4.93. The van der Waals surface area contributed by atoms with Gasteiger partial charge < -0.3 is 19.2 Å². The summed E-state index contributed by atoms with van der Waals surface area (Å²) in [6, 6.07) is 12.5. The highest BCUT2D eigenvalue weighted by Gasteiger charge is 2.18. The maximum atomic E-state index is 12.4. The van der Waals surface area contributed by atoms with Crippen LogP contribution in [0.3, 0.4) is 0 Å². The van der Waals surface area contributed by atoms with Crippen LogP contribution in [0.2, 0.25) is 0 Å². The molecule has 0 saturated carbocycles. The molecule has 3 aromatic rings. The molecule has 26 heavy (non-hydrogen) atoms. The van der Waals surface area contributed by atoms with Gasteiger partial charge in [-0.2, -0.15) is 0 Å². The van der Waals surface area contributed by atoms with Gasteiger partial charge in [0.05, 0.1) is 26.2 Å². The van der Waals surface area contributed by atoms with Crippen LogP contribution in [0.5, 0.6) is 11.5 Å². The van der Waals surface area contributed by atoms with Crippen LogP contribution in [0.1, 0.15) is 11.3 Å². The van der Waals surface area contributed by atoms with Gasteiger partial charge in [-0.25, -0.2) is 4.79 Å². The summed E-state index contributed by atoms with van der Waals surface area (Å²) < 4.78 is 15.9. The number of aryl methyl sites for hydroxylation is 1. The largest absolute Gasteiger partial charge is 0.493 e. The first kappa shape index (κ1) is 17.5. The van der Waals surface area contributed by atoms with Gasteiger partial charge in [0, 0.05) is 11.1 Å². The molecule has 0 radical (unpaired) electrons. The van der Waals surface area contributed by atoms with E-state index in [1.54, 1.807) is 31.2 Å². The SMILES string of the molecule is COc1cc2c(C)oc(=O)c(CC(=O)Nc3ccccc3)c2cc1OC. The molecular weight excluding hydrogens is 334 g/mol. The molecule has 0 fully saturated rings. The van der Waals surface area contributed by atoms with Crippen LogP contribution >= 0.6 is 0 Å². The Hall–Kier alpha value is -3.28. The van der Waals surface area contributed by atoms with Crippen molar-refractivity contribution in [3.63, 3.8) is 0 Å². The second kappa shape index (κ2) is 7.31. The first-order valence-electron chi connectivity index (χ1n) is 8.06. The molecule has 0 aliphatic rings. The third kappa shape index (κ3) is 3.39. The molecule has 0 atom stereocenters. The summed E-state index contributed by atoms with van der Waals surface area (Å²) in [6.07, 6.45) is -0.108. The summed E-state index contributed by atoms with van der Waals surface area (Å²) in [5, 5.41) is 4.08. The zero-order chi connectivity index (χ0) is 18.7. The van der Waals surface area contributed by atoms with E-state index < -0.39 is 5.63 Å². The van der Waals surface area contributed by atoms with Gasteiger partial charge in [0.2, 0.25) is 5.91 Å². The number of para-hydroxylation sites is 1. The van der Waals surface area contributed by atoms with E-state index in [1.807, 2.05) is 18.2 Å². The summed E-state index contributed by atoms with van der Waals surface area (Å²) in [7, 11) is 3.05. The summed E-state index contributed by atoms with van der Waals surface area (Å²) >= 11 is 0. The van der Waals surface area contributed by atoms with Gasteiger partial charge in [-0.1, -0.05) is 18.2 Å². The number of methoxy groups -OCH3 is 2. The molecule has 1 amide bonds. The average Bonchev–Trinajstić information content (AvgIpc) is 2.64. The molecule has 0 aliphatic carbocycles. The van der Waals surface area contributed by atoms with Crippen molar-refractivity contribution >= 4 is 22.4 Å². The number of carbonyl (C=O) groups is 1. The lowest BCUT2D eigenvalue weighted by atomic mass is 10.0. The van der Waals surface area contributed by atoms with Crippen molar-refractivity contribution < 1.29 is 18.7 Å². The first-order chi connectivity index (χ1) is 12.5. The molecule has 0 saturated heterocycles. The number of amides is 1. The Balaban J connectivity index is 2.04. The maximum absolute atomic E-state index is 12.4. The fourth-order valence-corrected chi connectivity index (χ4v) is 2.84. The van der Waals surface area contributed by atoms with E-state index in [0.29, 0.717) is 33.7 Å². The van der Waals surface area contributed by atoms with E-state index in [4.69, 9.17) is 13.9 Å². The standard InChI is InChI=1S/C20H19NO5/c1-12-14-9-17(24-2)18(25-3)10-15(14)16(20(23)26-12)11-19(22)21-13-7-5-4-6-8-13/h4-10H,11H2,1-3H3,(H,21,22). The minimum atomic E-state index is -0.537. The van der Waals surface area contributed by atoms with Gasteiger partial charge in [-0.05, 0) is 36.6 Å². The molecule has 134 valence electrons. The van der Waals surface area contributed by atoms with Crippen molar-refractivity contribution in [2.75, 3.05) is 19.5 Å². The summed E-state index contributed by atoms with van der Waals surface area (Å²) in [5.41, 5.74) is 0.406. The minimum Gasteiger partial charge on any atom is -0.493 e. The Morgan fingerprint density at radius 1 is 1.04 bits per heavy atom. The molecule has 6 nitrogen and oxygen atoms in total. The topological polar surface area (TPSA) is 77.8 Å². The molecule has 1 N–H and O–H groups in total. The number of nitrogens with one attached hydrogen (secondary N) is 1. The zero-order valence-corrected chi connectivity index (χ0v) is 14.8. The highest BCUT2D eigenvalue weighted by Crippen LogP contribution is 2.34. The molecule has 0 aliphatic heterocycles. The predicted octanol–water partition coefficient (Wildman–Crippen LogP) is 3.30. The molecule has 1 aromatic heterocycles. The van der Waals surface area contributed by atoms with Crippen molar-refractivity contribution in [1.82, 2.24) is 0 Å². The number of rotatable bonds is 5. The molecular formula is C20H19NO5. The number of ether oxygens (including phenoxy) is 2. The number of fused-ring (bicyclic) bond motifs is 1. The van der Waals surface area contributed by atoms with Gasteiger partial charge in [0.15, 0.2) is 11.5 Å². The predicted molar refractivity (Wildman–Crippen MR) is 99.1 cm³/mol. The van der Waals surface area contributed by atoms with Crippen molar-refractivity contribution in [2.45, 2.75) is 13.3 Å². The second-order valence-corrected chi connectivity index (χ2v) is 5.77.